The lowest BCUT2D eigenvalue weighted by Gasteiger charge is -2.38. The maximum atomic E-state index is 11.2. The Kier molecular flexibility index (Phi) is 4.45. The van der Waals surface area contributed by atoms with E-state index in [4.69, 9.17) is 0 Å². The van der Waals surface area contributed by atoms with Crippen LogP contribution in [0.5, 0.6) is 0 Å². The average Bonchev–Trinajstić information content (AvgIpc) is 3.01. The van der Waals surface area contributed by atoms with Crippen LogP contribution in [0.2, 0.25) is 0 Å². The maximum Gasteiger partial charge on any atom is 0.293 e. The fourth-order valence-electron chi connectivity index (χ4n) is 3.51. The number of nitro groups is 1. The predicted molar refractivity (Wildman–Crippen MR) is 86.8 cm³/mol. The van der Waals surface area contributed by atoms with Crippen molar-refractivity contribution in [1.29, 1.82) is 0 Å². The molecule has 3 rings (SSSR count). The summed E-state index contributed by atoms with van der Waals surface area (Å²) in [7, 11) is 0. The van der Waals surface area contributed by atoms with Crippen LogP contribution in [0.4, 0.5) is 11.4 Å². The van der Waals surface area contributed by atoms with Gasteiger partial charge in [-0.25, -0.2) is 0 Å². The lowest BCUT2D eigenvalue weighted by atomic mass is 10.1. The Labute approximate surface area is 133 Å². The summed E-state index contributed by atoms with van der Waals surface area (Å²) in [5, 5.41) is 11.2. The zero-order valence-electron chi connectivity index (χ0n) is 12.0. The molecule has 0 spiro atoms. The topological polar surface area (TPSA) is 49.6 Å². The molecule has 1 saturated carbocycles. The Morgan fingerprint density at radius 3 is 2.43 bits per heavy atom. The zero-order valence-corrected chi connectivity index (χ0v) is 13.6. The van der Waals surface area contributed by atoms with Crippen LogP contribution in [-0.2, 0) is 0 Å². The number of halogens is 1. The highest BCUT2D eigenvalue weighted by atomic mass is 79.9. The molecular formula is C15H20BrN3O2. The normalized spacial score (nSPS) is 20.9. The lowest BCUT2D eigenvalue weighted by Crippen LogP contribution is -2.49. The summed E-state index contributed by atoms with van der Waals surface area (Å²) in [4.78, 5) is 15.7. The highest BCUT2D eigenvalue weighted by Gasteiger charge is 2.28. The first-order valence-electron chi connectivity index (χ1n) is 7.58. The number of rotatable bonds is 3. The number of anilines is 1. The molecular weight excluding hydrogens is 334 g/mol. The van der Waals surface area contributed by atoms with Gasteiger partial charge >= 0.3 is 0 Å². The van der Waals surface area contributed by atoms with Crippen LogP contribution in [0.3, 0.4) is 0 Å². The first-order valence-corrected chi connectivity index (χ1v) is 8.37. The van der Waals surface area contributed by atoms with Crippen molar-refractivity contribution in [2.45, 2.75) is 31.7 Å². The predicted octanol–water partition coefficient (Wildman–Crippen LogP) is 3.42. The van der Waals surface area contributed by atoms with Crippen molar-refractivity contribution in [2.75, 3.05) is 31.1 Å². The third kappa shape index (κ3) is 3.21. The Bertz CT molecular complexity index is 524. The third-order valence-electron chi connectivity index (χ3n) is 4.63. The van der Waals surface area contributed by atoms with Crippen molar-refractivity contribution in [1.82, 2.24) is 4.90 Å². The van der Waals surface area contributed by atoms with Gasteiger partial charge in [-0.1, -0.05) is 28.8 Å². The fourth-order valence-corrected chi connectivity index (χ4v) is 3.86. The molecule has 114 valence electrons. The quantitative estimate of drug-likeness (QED) is 0.617. The Balaban J connectivity index is 1.70. The number of nitro benzene ring substituents is 1. The molecule has 1 aromatic rings. The number of hydrogen-bond acceptors (Lipinski definition) is 4. The van der Waals surface area contributed by atoms with Gasteiger partial charge in [0.2, 0.25) is 0 Å². The largest absolute Gasteiger partial charge is 0.363 e. The lowest BCUT2D eigenvalue weighted by molar-refractivity contribution is -0.384. The minimum absolute atomic E-state index is 0.193. The van der Waals surface area contributed by atoms with Gasteiger partial charge in [-0.2, -0.15) is 0 Å². The molecule has 1 aliphatic heterocycles. The van der Waals surface area contributed by atoms with E-state index in [1.54, 1.807) is 6.07 Å². The van der Waals surface area contributed by atoms with E-state index in [0.717, 1.165) is 42.4 Å². The average molecular weight is 354 g/mol. The molecule has 1 saturated heterocycles. The van der Waals surface area contributed by atoms with Crippen molar-refractivity contribution in [3.8, 4) is 0 Å². The summed E-state index contributed by atoms with van der Waals surface area (Å²) in [6, 6.07) is 6.07. The molecule has 2 aliphatic rings. The van der Waals surface area contributed by atoms with Crippen molar-refractivity contribution in [3.63, 3.8) is 0 Å². The molecule has 6 heteroatoms. The Hall–Kier alpha value is -1.14. The van der Waals surface area contributed by atoms with Gasteiger partial charge in [-0.15, -0.1) is 0 Å². The molecule has 0 radical (unpaired) electrons. The highest BCUT2D eigenvalue weighted by Crippen LogP contribution is 2.32. The minimum Gasteiger partial charge on any atom is -0.363 e. The van der Waals surface area contributed by atoms with E-state index in [-0.39, 0.29) is 10.6 Å². The van der Waals surface area contributed by atoms with E-state index in [9.17, 15) is 10.1 Å². The second-order valence-electron chi connectivity index (χ2n) is 5.85. The van der Waals surface area contributed by atoms with E-state index in [2.05, 4.69) is 25.7 Å². The number of hydrogen-bond donors (Lipinski definition) is 0. The zero-order chi connectivity index (χ0) is 14.8. The van der Waals surface area contributed by atoms with E-state index in [1.165, 1.54) is 25.7 Å². The van der Waals surface area contributed by atoms with E-state index >= 15 is 0 Å². The van der Waals surface area contributed by atoms with E-state index in [0.29, 0.717) is 0 Å². The summed E-state index contributed by atoms with van der Waals surface area (Å²) < 4.78 is 0.752. The molecule has 5 nitrogen and oxygen atoms in total. The Morgan fingerprint density at radius 1 is 1.14 bits per heavy atom. The summed E-state index contributed by atoms with van der Waals surface area (Å²) in [6.07, 6.45) is 5.34. The van der Waals surface area contributed by atoms with Gasteiger partial charge < -0.3 is 4.90 Å². The summed E-state index contributed by atoms with van der Waals surface area (Å²) in [6.45, 7) is 3.77. The van der Waals surface area contributed by atoms with E-state index < -0.39 is 0 Å². The van der Waals surface area contributed by atoms with Gasteiger partial charge in [-0.3, -0.25) is 15.0 Å². The van der Waals surface area contributed by atoms with Gasteiger partial charge in [-0.05, 0) is 25.0 Å². The molecule has 0 bridgehead atoms. The van der Waals surface area contributed by atoms with Gasteiger partial charge in [0.1, 0.15) is 5.69 Å². The molecule has 2 fully saturated rings. The van der Waals surface area contributed by atoms with Crippen molar-refractivity contribution >= 4 is 27.3 Å². The molecule has 0 N–H and O–H groups in total. The van der Waals surface area contributed by atoms with Gasteiger partial charge in [0.25, 0.3) is 5.69 Å². The van der Waals surface area contributed by atoms with E-state index in [1.807, 2.05) is 12.1 Å². The first kappa shape index (κ1) is 14.8. The molecule has 1 heterocycles. The molecule has 0 unspecified atom stereocenters. The number of piperazine rings is 1. The van der Waals surface area contributed by atoms with Crippen LogP contribution in [0, 0.1) is 10.1 Å². The fraction of sp³-hybridized carbons (Fsp3) is 0.600. The summed E-state index contributed by atoms with van der Waals surface area (Å²) in [5.41, 5.74) is 0.938. The van der Waals surface area contributed by atoms with Crippen molar-refractivity contribution in [2.24, 2.45) is 0 Å². The monoisotopic (exact) mass is 353 g/mol. The van der Waals surface area contributed by atoms with Crippen molar-refractivity contribution < 1.29 is 4.92 Å². The SMILES string of the molecule is O=[N+]([O-])c1cc(Br)ccc1N1CCN(C2CCCC2)CC1. The van der Waals surface area contributed by atoms with Crippen molar-refractivity contribution in [3.05, 3.63) is 32.8 Å². The van der Waals surface area contributed by atoms with Crippen LogP contribution in [0.1, 0.15) is 25.7 Å². The minimum atomic E-state index is -0.288. The van der Waals surface area contributed by atoms with Crippen LogP contribution in [-0.4, -0.2) is 42.0 Å². The molecule has 0 aromatic heterocycles. The highest BCUT2D eigenvalue weighted by molar-refractivity contribution is 9.10. The standard InChI is InChI=1S/C15H20BrN3O2/c16-12-5-6-14(15(11-12)19(20)21)18-9-7-17(8-10-18)13-3-1-2-4-13/h5-6,11,13H,1-4,7-10H2. The number of benzene rings is 1. The molecule has 0 amide bonds. The van der Waals surface area contributed by atoms with Crippen LogP contribution in [0.15, 0.2) is 22.7 Å². The van der Waals surface area contributed by atoms with Gasteiger partial charge in [0, 0.05) is 42.8 Å². The van der Waals surface area contributed by atoms with Gasteiger partial charge in [0.05, 0.1) is 4.92 Å². The molecule has 1 aliphatic carbocycles. The second kappa shape index (κ2) is 6.32. The molecule has 0 atom stereocenters. The van der Waals surface area contributed by atoms with Crippen LogP contribution in [0.25, 0.3) is 0 Å². The second-order valence-corrected chi connectivity index (χ2v) is 6.77. The van der Waals surface area contributed by atoms with Crippen LogP contribution < -0.4 is 4.90 Å². The maximum absolute atomic E-state index is 11.2. The van der Waals surface area contributed by atoms with Gasteiger partial charge in [0.15, 0.2) is 0 Å². The Morgan fingerprint density at radius 2 is 1.81 bits per heavy atom. The summed E-state index contributed by atoms with van der Waals surface area (Å²) in [5.74, 6) is 0. The molecule has 1 aromatic carbocycles. The molecule has 21 heavy (non-hydrogen) atoms. The summed E-state index contributed by atoms with van der Waals surface area (Å²) >= 11 is 3.31. The first-order chi connectivity index (χ1) is 10.1. The number of nitrogens with zero attached hydrogens (tertiary/aromatic N) is 3. The third-order valence-corrected chi connectivity index (χ3v) is 5.12. The van der Waals surface area contributed by atoms with Crippen LogP contribution >= 0.6 is 15.9 Å². The smallest absolute Gasteiger partial charge is 0.293 e.